The van der Waals surface area contributed by atoms with Crippen LogP contribution in [0.15, 0.2) is 162 Å². The fraction of sp³-hybridized carbons (Fsp3) is 0.250. The van der Waals surface area contributed by atoms with Crippen molar-refractivity contribution in [2.24, 2.45) is 0 Å². The van der Waals surface area contributed by atoms with Gasteiger partial charge in [-0.2, -0.15) is 0 Å². The van der Waals surface area contributed by atoms with E-state index in [4.69, 9.17) is 4.42 Å². The molecule has 0 bridgehead atoms. The number of furan rings is 1. The van der Waals surface area contributed by atoms with Crippen molar-refractivity contribution in [3.63, 3.8) is 0 Å². The van der Waals surface area contributed by atoms with E-state index in [9.17, 15) is 0 Å². The van der Waals surface area contributed by atoms with E-state index >= 15 is 0 Å². The lowest BCUT2D eigenvalue weighted by Crippen LogP contribution is -2.61. The molecule has 340 valence electrons. The van der Waals surface area contributed by atoms with Gasteiger partial charge in [0.25, 0.3) is 0 Å². The maximum atomic E-state index is 7.36. The van der Waals surface area contributed by atoms with Crippen molar-refractivity contribution in [3.05, 3.63) is 180 Å². The fourth-order valence-electron chi connectivity index (χ4n) is 12.4. The highest BCUT2D eigenvalue weighted by Gasteiger charge is 2.48. The summed E-state index contributed by atoms with van der Waals surface area (Å²) in [5.41, 5.74) is 21.9. The predicted octanol–water partition coefficient (Wildman–Crippen LogP) is 16.3. The van der Waals surface area contributed by atoms with Crippen molar-refractivity contribution < 1.29 is 4.42 Å². The van der Waals surface area contributed by atoms with E-state index in [1.54, 1.807) is 0 Å². The molecular weight excluding hydrogens is 838 g/mol. The number of para-hydroxylation sites is 3. The minimum Gasteiger partial charge on any atom is -0.455 e. The molecule has 10 aromatic rings. The van der Waals surface area contributed by atoms with Crippen molar-refractivity contribution >= 4 is 90.0 Å². The lowest BCUT2D eigenvalue weighted by Gasteiger charge is -2.46. The van der Waals surface area contributed by atoms with Crippen LogP contribution >= 0.6 is 0 Å². The van der Waals surface area contributed by atoms with Crippen LogP contribution in [0.5, 0.6) is 0 Å². The van der Waals surface area contributed by atoms with E-state index in [0.717, 1.165) is 52.1 Å². The van der Waals surface area contributed by atoms with E-state index in [1.807, 2.05) is 0 Å². The Morgan fingerprint density at radius 3 is 1.81 bits per heavy atom. The van der Waals surface area contributed by atoms with Crippen LogP contribution in [0, 0.1) is 0 Å². The van der Waals surface area contributed by atoms with Crippen LogP contribution in [-0.4, -0.2) is 11.4 Å². The Morgan fingerprint density at radius 1 is 0.551 bits per heavy atom. The Balaban J connectivity index is 1.24. The molecule has 0 atom stereocenters. The zero-order chi connectivity index (χ0) is 47.5. The van der Waals surface area contributed by atoms with Gasteiger partial charge in [-0.25, -0.2) is 0 Å². The van der Waals surface area contributed by atoms with Gasteiger partial charge in [-0.15, -0.1) is 0 Å². The lowest BCUT2D eigenvalue weighted by atomic mass is 9.43. The van der Waals surface area contributed by atoms with E-state index in [-0.39, 0.29) is 28.5 Å². The molecule has 3 aliphatic rings. The average molecular weight is 898 g/mol. The van der Waals surface area contributed by atoms with Crippen molar-refractivity contribution in [3.8, 4) is 16.8 Å². The molecule has 8 aromatic carbocycles. The van der Waals surface area contributed by atoms with Gasteiger partial charge < -0.3 is 18.7 Å². The highest BCUT2D eigenvalue weighted by molar-refractivity contribution is 6.94. The minimum atomic E-state index is -0.176. The van der Waals surface area contributed by atoms with E-state index < -0.39 is 0 Å². The molecule has 0 unspecified atom stereocenters. The van der Waals surface area contributed by atoms with Gasteiger partial charge in [0.1, 0.15) is 11.2 Å². The number of anilines is 5. The maximum absolute atomic E-state index is 7.36. The van der Waals surface area contributed by atoms with Crippen molar-refractivity contribution in [1.82, 2.24) is 4.57 Å². The number of benzene rings is 8. The summed E-state index contributed by atoms with van der Waals surface area (Å²) in [5, 5.41) is 4.92. The van der Waals surface area contributed by atoms with E-state index in [0.29, 0.717) is 0 Å². The second-order valence-electron chi connectivity index (χ2n) is 23.6. The monoisotopic (exact) mass is 897 g/mol. The predicted molar refractivity (Wildman–Crippen MR) is 294 cm³/mol. The molecular formula is C64H60BN3O. The third-order valence-electron chi connectivity index (χ3n) is 16.3. The third-order valence-corrected chi connectivity index (χ3v) is 16.3. The summed E-state index contributed by atoms with van der Waals surface area (Å²) in [6, 6.07) is 59.6. The first-order valence-corrected chi connectivity index (χ1v) is 25.1. The third kappa shape index (κ3) is 6.08. The Labute approximate surface area is 407 Å². The lowest BCUT2D eigenvalue weighted by molar-refractivity contribution is 0.332. The van der Waals surface area contributed by atoms with Crippen LogP contribution in [0.25, 0.3) is 60.6 Å². The molecule has 1 aliphatic carbocycles. The normalized spacial score (nSPS) is 15.7. The SMILES string of the molecule is CC(C)(C)c1ccc(N2B3c4cc5c(cc4-n4c6ccc(C(C)(C)C)cc6c6c7c(oc8ccccc87)c(c3c64)-c3ccc(N(c4ccccc4)c4ccccc4)cc32)C(C)(C)CCC5(C)C)cc1. The standard InChI is InChI=1S/C64H60BN3O/c1-61(2,3)39-25-28-43(29-26-39)68-52-36-44(66(41-19-13-11-14-20-41)42-21-15-12-16-22-42)30-31-45(52)57-58-59-55(56-46-23-17-18-24-54(46)69-60(56)57)47-35-40(62(4,5)6)27-32-51(47)67(59)53-38-49-48(37-50(53)65(58)68)63(7,8)33-34-64(49,9)10/h11-32,35-38H,33-34H2,1-10H3. The number of hydrogen-bond acceptors (Lipinski definition) is 3. The molecule has 0 saturated carbocycles. The molecule has 13 rings (SSSR count). The molecule has 2 aliphatic heterocycles. The van der Waals surface area contributed by atoms with Gasteiger partial charge in [-0.3, -0.25) is 0 Å². The summed E-state index contributed by atoms with van der Waals surface area (Å²) in [4.78, 5) is 5.10. The van der Waals surface area contributed by atoms with Gasteiger partial charge in [0.05, 0.1) is 11.0 Å². The van der Waals surface area contributed by atoms with Crippen LogP contribution in [0.3, 0.4) is 0 Å². The summed E-state index contributed by atoms with van der Waals surface area (Å²) in [7, 11) is 0. The zero-order valence-electron chi connectivity index (χ0n) is 41.8. The summed E-state index contributed by atoms with van der Waals surface area (Å²) in [6.45, 7) is 23.6. The zero-order valence-corrected chi connectivity index (χ0v) is 41.8. The van der Waals surface area contributed by atoms with Gasteiger partial charge in [0.15, 0.2) is 0 Å². The molecule has 2 aromatic heterocycles. The van der Waals surface area contributed by atoms with Crippen LogP contribution in [0.1, 0.15) is 104 Å². The molecule has 0 radical (unpaired) electrons. The van der Waals surface area contributed by atoms with Gasteiger partial charge in [0, 0.05) is 66.8 Å². The van der Waals surface area contributed by atoms with Crippen LogP contribution in [-0.2, 0) is 21.7 Å². The van der Waals surface area contributed by atoms with E-state index in [1.165, 1.54) is 82.9 Å². The summed E-state index contributed by atoms with van der Waals surface area (Å²) >= 11 is 0. The topological polar surface area (TPSA) is 24.6 Å². The Bertz CT molecular complexity index is 3710. The first kappa shape index (κ1) is 42.2. The smallest absolute Gasteiger partial charge is 0.333 e. The van der Waals surface area contributed by atoms with Crippen molar-refractivity contribution in [2.75, 3.05) is 9.71 Å². The summed E-state index contributed by atoms with van der Waals surface area (Å²) in [5.74, 6) is 0. The minimum absolute atomic E-state index is 0.00473. The molecule has 4 nitrogen and oxygen atoms in total. The second-order valence-corrected chi connectivity index (χ2v) is 23.6. The average Bonchev–Trinajstić information content (AvgIpc) is 3.89. The molecule has 69 heavy (non-hydrogen) atoms. The first-order chi connectivity index (χ1) is 33.0. The summed E-state index contributed by atoms with van der Waals surface area (Å²) < 4.78 is 10.0. The fourth-order valence-corrected chi connectivity index (χ4v) is 12.4. The van der Waals surface area contributed by atoms with Gasteiger partial charge in [-0.1, -0.05) is 154 Å². The maximum Gasteiger partial charge on any atom is 0.333 e. The summed E-state index contributed by atoms with van der Waals surface area (Å²) in [6.07, 6.45) is 2.29. The van der Waals surface area contributed by atoms with Gasteiger partial charge >= 0.3 is 6.85 Å². The highest BCUT2D eigenvalue weighted by Crippen LogP contribution is 2.54. The number of nitrogens with zero attached hydrogens (tertiary/aromatic N) is 3. The highest BCUT2D eigenvalue weighted by atomic mass is 16.3. The Kier molecular flexibility index (Phi) is 8.73. The molecule has 5 heteroatoms. The number of aromatic nitrogens is 1. The number of fused-ring (bicyclic) bond motifs is 14. The van der Waals surface area contributed by atoms with Gasteiger partial charge in [0.2, 0.25) is 0 Å². The van der Waals surface area contributed by atoms with Crippen LogP contribution in [0.2, 0.25) is 0 Å². The first-order valence-electron chi connectivity index (χ1n) is 25.1. The molecule has 0 saturated heterocycles. The number of hydrogen-bond donors (Lipinski definition) is 0. The van der Waals surface area contributed by atoms with Gasteiger partial charge in [-0.05, 0) is 140 Å². The molecule has 0 spiro atoms. The van der Waals surface area contributed by atoms with Crippen LogP contribution in [0.4, 0.5) is 28.4 Å². The van der Waals surface area contributed by atoms with E-state index in [2.05, 4.69) is 241 Å². The number of rotatable bonds is 4. The Hall–Kier alpha value is -6.98. The largest absolute Gasteiger partial charge is 0.455 e. The molecule has 0 amide bonds. The second kappa shape index (κ2) is 14.3. The van der Waals surface area contributed by atoms with Crippen molar-refractivity contribution in [1.29, 1.82) is 0 Å². The van der Waals surface area contributed by atoms with Crippen molar-refractivity contribution in [2.45, 2.75) is 104 Å². The quantitative estimate of drug-likeness (QED) is 0.165. The molecule has 0 N–H and O–H groups in total. The Morgan fingerprint density at radius 2 is 1.16 bits per heavy atom. The molecule has 0 fully saturated rings. The molecule has 4 heterocycles. The van der Waals surface area contributed by atoms with Crippen LogP contribution < -0.4 is 20.6 Å².